The molecule has 2 aromatic carbocycles. The van der Waals surface area contributed by atoms with E-state index in [0.717, 1.165) is 48.2 Å². The van der Waals surface area contributed by atoms with Gasteiger partial charge in [0.1, 0.15) is 11.6 Å². The van der Waals surface area contributed by atoms with Crippen LogP contribution in [-0.4, -0.2) is 42.3 Å². The number of carbonyl (C=O) groups excluding carboxylic acids is 1. The maximum atomic E-state index is 14.5. The Kier molecular flexibility index (Phi) is 7.06. The molecule has 6 nitrogen and oxygen atoms in total. The molecule has 0 spiro atoms. The van der Waals surface area contributed by atoms with Gasteiger partial charge in [0.05, 0.1) is 17.7 Å². The number of carbonyl (C=O) groups is 1. The summed E-state index contributed by atoms with van der Waals surface area (Å²) < 4.78 is 19.8. The van der Waals surface area contributed by atoms with Crippen molar-refractivity contribution in [3.8, 4) is 11.4 Å². The number of hydrogen-bond acceptors (Lipinski definition) is 5. The first-order valence-electron chi connectivity index (χ1n) is 11.6. The molecule has 1 aliphatic rings. The van der Waals surface area contributed by atoms with Crippen LogP contribution in [0.5, 0.6) is 0 Å². The molecule has 1 N–H and O–H groups in total. The van der Waals surface area contributed by atoms with Gasteiger partial charge in [-0.25, -0.2) is 19.2 Å². The van der Waals surface area contributed by atoms with Gasteiger partial charge in [-0.3, -0.25) is 0 Å². The van der Waals surface area contributed by atoms with Crippen LogP contribution in [0.2, 0.25) is 0 Å². The maximum absolute atomic E-state index is 14.5. The third kappa shape index (κ3) is 5.59. The van der Waals surface area contributed by atoms with Crippen LogP contribution in [0.1, 0.15) is 32.3 Å². The van der Waals surface area contributed by atoms with E-state index in [4.69, 9.17) is 9.72 Å². The molecular weight excluding hydrogens is 419 g/mol. The van der Waals surface area contributed by atoms with E-state index < -0.39 is 0 Å². The fourth-order valence-corrected chi connectivity index (χ4v) is 4.17. The van der Waals surface area contributed by atoms with Gasteiger partial charge in [-0.15, -0.1) is 0 Å². The van der Waals surface area contributed by atoms with Gasteiger partial charge in [-0.2, -0.15) is 0 Å². The van der Waals surface area contributed by atoms with Crippen molar-refractivity contribution in [2.45, 2.75) is 33.6 Å². The number of alkyl carbamates (subject to hydrolysis) is 1. The van der Waals surface area contributed by atoms with Gasteiger partial charge in [-0.05, 0) is 61.4 Å². The van der Waals surface area contributed by atoms with E-state index in [0.29, 0.717) is 30.5 Å². The van der Waals surface area contributed by atoms with E-state index in [1.807, 2.05) is 39.0 Å². The molecule has 1 amide bonds. The third-order valence-electron chi connectivity index (χ3n) is 5.85. The highest BCUT2D eigenvalue weighted by molar-refractivity contribution is 5.91. The molecule has 3 aromatic rings. The number of hydrogen-bond donors (Lipinski definition) is 1. The molecule has 0 aliphatic carbocycles. The average molecular weight is 451 g/mol. The van der Waals surface area contributed by atoms with Gasteiger partial charge >= 0.3 is 6.09 Å². The number of aryl methyl sites for hydroxylation is 1. The first-order chi connectivity index (χ1) is 15.9. The van der Waals surface area contributed by atoms with Crippen LogP contribution >= 0.6 is 0 Å². The predicted molar refractivity (Wildman–Crippen MR) is 129 cm³/mol. The molecule has 0 radical (unpaired) electrons. The van der Waals surface area contributed by atoms with E-state index in [2.05, 4.69) is 15.2 Å². The Morgan fingerprint density at radius 3 is 2.85 bits per heavy atom. The van der Waals surface area contributed by atoms with Crippen molar-refractivity contribution in [1.29, 1.82) is 0 Å². The second kappa shape index (κ2) is 10.1. The topological polar surface area (TPSA) is 67.4 Å². The molecule has 4 rings (SSSR count). The van der Waals surface area contributed by atoms with Gasteiger partial charge in [0.25, 0.3) is 0 Å². The highest BCUT2D eigenvalue weighted by Gasteiger charge is 2.24. The molecule has 1 atom stereocenters. The zero-order valence-corrected chi connectivity index (χ0v) is 19.5. The van der Waals surface area contributed by atoms with Gasteiger partial charge in [0, 0.05) is 25.0 Å². The Labute approximate surface area is 194 Å². The monoisotopic (exact) mass is 450 g/mol. The first kappa shape index (κ1) is 23.0. The lowest BCUT2D eigenvalue weighted by atomic mass is 9.97. The molecule has 1 aromatic heterocycles. The van der Waals surface area contributed by atoms with Gasteiger partial charge < -0.3 is 15.0 Å². The summed E-state index contributed by atoms with van der Waals surface area (Å²) in [6.45, 7) is 8.60. The summed E-state index contributed by atoms with van der Waals surface area (Å²) in [5, 5.41) is 3.85. The summed E-state index contributed by atoms with van der Waals surface area (Å²) >= 11 is 0. The fraction of sp³-hybridized carbons (Fsp3) is 0.423. The standard InChI is InChI=1S/C26H31FN4O2/c1-17(2)16-33-26(32)28-14-19-7-6-12-31(15-19)25-21-11-10-18(3)13-23(21)29-24(30-25)20-8-4-5-9-22(20)27/h4-5,8-11,13,17,19H,6-7,12,14-16H2,1-3H3,(H,28,32)/t19-/m0/s1. The lowest BCUT2D eigenvalue weighted by molar-refractivity contribution is 0.131. The lowest BCUT2D eigenvalue weighted by Gasteiger charge is -2.34. The minimum absolute atomic E-state index is 0.276. The zero-order chi connectivity index (χ0) is 23.4. The molecule has 1 fully saturated rings. The van der Waals surface area contributed by atoms with Gasteiger partial charge in [0.15, 0.2) is 5.82 Å². The summed E-state index contributed by atoms with van der Waals surface area (Å²) in [5.41, 5.74) is 2.29. The van der Waals surface area contributed by atoms with Crippen LogP contribution in [-0.2, 0) is 4.74 Å². The number of nitrogens with zero attached hydrogens (tertiary/aromatic N) is 3. The van der Waals surface area contributed by atoms with Gasteiger partial charge in [-0.1, -0.05) is 32.0 Å². The summed E-state index contributed by atoms with van der Waals surface area (Å²) in [5.74, 6) is 1.44. The number of benzene rings is 2. The Morgan fingerprint density at radius 1 is 1.24 bits per heavy atom. The van der Waals surface area contributed by atoms with Crippen LogP contribution in [0.3, 0.4) is 0 Å². The number of fused-ring (bicyclic) bond motifs is 1. The summed E-state index contributed by atoms with van der Waals surface area (Å²) in [6, 6.07) is 12.7. The van der Waals surface area contributed by atoms with Crippen LogP contribution in [0, 0.1) is 24.6 Å². The van der Waals surface area contributed by atoms with Crippen LogP contribution in [0.4, 0.5) is 15.0 Å². The molecule has 174 valence electrons. The minimum atomic E-state index is -0.370. The van der Waals surface area contributed by atoms with Crippen LogP contribution in [0.25, 0.3) is 22.3 Å². The fourth-order valence-electron chi connectivity index (χ4n) is 4.17. The number of anilines is 1. The third-order valence-corrected chi connectivity index (χ3v) is 5.85. The van der Waals surface area contributed by atoms with Crippen LogP contribution < -0.4 is 10.2 Å². The number of amides is 1. The SMILES string of the molecule is Cc1ccc2c(N3CCC[C@@H](CNC(=O)OCC(C)C)C3)nc(-c3ccccc3F)nc2c1. The second-order valence-corrected chi connectivity index (χ2v) is 9.20. The normalized spacial score (nSPS) is 16.3. The zero-order valence-electron chi connectivity index (χ0n) is 19.5. The number of ether oxygens (including phenoxy) is 1. The van der Waals surface area contributed by atoms with E-state index in [1.165, 1.54) is 6.07 Å². The minimum Gasteiger partial charge on any atom is -0.449 e. The Balaban J connectivity index is 1.59. The van der Waals surface area contributed by atoms with Crippen molar-refractivity contribution in [3.05, 3.63) is 53.8 Å². The van der Waals surface area contributed by atoms with Crippen molar-refractivity contribution in [2.75, 3.05) is 31.1 Å². The molecule has 7 heteroatoms. The largest absolute Gasteiger partial charge is 0.449 e. The molecule has 0 unspecified atom stereocenters. The number of piperidine rings is 1. The van der Waals surface area contributed by atoms with Crippen molar-refractivity contribution in [3.63, 3.8) is 0 Å². The Morgan fingerprint density at radius 2 is 2.06 bits per heavy atom. The second-order valence-electron chi connectivity index (χ2n) is 9.20. The van der Waals surface area contributed by atoms with Crippen molar-refractivity contribution < 1.29 is 13.9 Å². The lowest BCUT2D eigenvalue weighted by Crippen LogP contribution is -2.41. The van der Waals surface area contributed by atoms with E-state index >= 15 is 0 Å². The number of halogens is 1. The maximum Gasteiger partial charge on any atom is 0.407 e. The summed E-state index contributed by atoms with van der Waals surface area (Å²) in [4.78, 5) is 23.7. The van der Waals surface area contributed by atoms with Crippen molar-refractivity contribution >= 4 is 22.8 Å². The molecular formula is C26H31FN4O2. The molecule has 2 heterocycles. The number of nitrogens with one attached hydrogen (secondary N) is 1. The summed E-state index contributed by atoms with van der Waals surface area (Å²) in [7, 11) is 0. The Bertz CT molecular complexity index is 1130. The van der Waals surface area contributed by atoms with E-state index in [9.17, 15) is 9.18 Å². The van der Waals surface area contributed by atoms with Crippen molar-refractivity contribution in [2.24, 2.45) is 11.8 Å². The first-order valence-corrected chi connectivity index (χ1v) is 11.6. The summed E-state index contributed by atoms with van der Waals surface area (Å²) in [6.07, 6.45) is 1.63. The molecule has 33 heavy (non-hydrogen) atoms. The van der Waals surface area contributed by atoms with Gasteiger partial charge in [0.2, 0.25) is 0 Å². The smallest absolute Gasteiger partial charge is 0.407 e. The molecule has 0 bridgehead atoms. The molecule has 0 saturated carbocycles. The van der Waals surface area contributed by atoms with Crippen LogP contribution in [0.15, 0.2) is 42.5 Å². The highest BCUT2D eigenvalue weighted by Crippen LogP contribution is 2.31. The highest BCUT2D eigenvalue weighted by atomic mass is 19.1. The average Bonchev–Trinajstić information content (AvgIpc) is 2.81. The Hall–Kier alpha value is -3.22. The molecule has 1 aliphatic heterocycles. The van der Waals surface area contributed by atoms with E-state index in [1.54, 1.807) is 18.2 Å². The van der Waals surface area contributed by atoms with E-state index in [-0.39, 0.29) is 17.8 Å². The van der Waals surface area contributed by atoms with Crippen molar-refractivity contribution in [1.82, 2.24) is 15.3 Å². The molecule has 1 saturated heterocycles. The predicted octanol–water partition coefficient (Wildman–Crippen LogP) is 5.34. The number of rotatable bonds is 6. The number of aromatic nitrogens is 2. The quantitative estimate of drug-likeness (QED) is 0.549.